The maximum atomic E-state index is 13.1. The van der Waals surface area contributed by atoms with Gasteiger partial charge in [0.15, 0.2) is 0 Å². The van der Waals surface area contributed by atoms with Crippen LogP contribution in [0.25, 0.3) is 0 Å². The van der Waals surface area contributed by atoms with Crippen molar-refractivity contribution < 1.29 is 4.39 Å². The molecule has 0 saturated heterocycles. The molecule has 0 amide bonds. The predicted octanol–water partition coefficient (Wildman–Crippen LogP) is 3.18. The molecule has 0 spiro atoms. The molecule has 0 atom stereocenters. The van der Waals surface area contributed by atoms with E-state index >= 15 is 0 Å². The van der Waals surface area contributed by atoms with Crippen LogP contribution in [0.4, 0.5) is 4.39 Å². The van der Waals surface area contributed by atoms with Crippen LogP contribution in [0.1, 0.15) is 30.0 Å². The largest absolute Gasteiger partial charge is 0.302 e. The first-order chi connectivity index (χ1) is 9.03. The molecule has 0 saturated carbocycles. The van der Waals surface area contributed by atoms with Crippen molar-refractivity contribution >= 4 is 11.3 Å². The Labute approximate surface area is 115 Å². The van der Waals surface area contributed by atoms with Crippen molar-refractivity contribution in [1.82, 2.24) is 10.3 Å². The normalized spacial score (nSPS) is 11.3. The highest BCUT2D eigenvalue weighted by Gasteiger charge is 2.22. The summed E-state index contributed by atoms with van der Waals surface area (Å²) in [5.74, 6) is -0.389. The van der Waals surface area contributed by atoms with Gasteiger partial charge in [0.05, 0.1) is 17.2 Å². The summed E-state index contributed by atoms with van der Waals surface area (Å²) in [5.41, 5.74) is 0.867. The number of nitrogens with zero attached hydrogens (tertiary/aromatic N) is 2. The lowest BCUT2D eigenvalue weighted by Gasteiger charge is -2.24. The van der Waals surface area contributed by atoms with E-state index in [1.807, 2.05) is 25.3 Å². The van der Waals surface area contributed by atoms with Crippen molar-refractivity contribution in [1.29, 1.82) is 5.26 Å². The summed E-state index contributed by atoms with van der Waals surface area (Å²) in [6, 6.07) is 6.28. The predicted molar refractivity (Wildman–Crippen MR) is 73.1 cm³/mol. The molecule has 0 radical (unpaired) electrons. The molecule has 98 valence electrons. The van der Waals surface area contributed by atoms with E-state index < -0.39 is 0 Å². The smallest absolute Gasteiger partial charge is 0.124 e. The first kappa shape index (κ1) is 13.7. The molecule has 19 heavy (non-hydrogen) atoms. The van der Waals surface area contributed by atoms with E-state index in [-0.39, 0.29) is 11.4 Å². The lowest BCUT2D eigenvalue weighted by Crippen LogP contribution is -2.36. The van der Waals surface area contributed by atoms with Crippen molar-refractivity contribution in [3.63, 3.8) is 0 Å². The minimum atomic E-state index is -0.389. The fourth-order valence-electron chi connectivity index (χ4n) is 1.73. The summed E-state index contributed by atoms with van der Waals surface area (Å²) >= 11 is 1.58. The zero-order chi connectivity index (χ0) is 13.9. The second-order valence-electron chi connectivity index (χ2n) is 4.73. The second-order valence-corrected chi connectivity index (χ2v) is 5.62. The zero-order valence-electron chi connectivity index (χ0n) is 10.8. The topological polar surface area (TPSA) is 48.7 Å². The number of rotatable bonds is 4. The monoisotopic (exact) mass is 275 g/mol. The first-order valence-electron chi connectivity index (χ1n) is 5.86. The fourth-order valence-corrected chi connectivity index (χ4v) is 2.47. The van der Waals surface area contributed by atoms with E-state index in [4.69, 9.17) is 5.26 Å². The minimum absolute atomic E-state index is 0.282. The van der Waals surface area contributed by atoms with E-state index in [0.717, 1.165) is 10.6 Å². The zero-order valence-corrected chi connectivity index (χ0v) is 11.6. The van der Waals surface area contributed by atoms with Crippen molar-refractivity contribution in [3.8, 4) is 6.07 Å². The Balaban J connectivity index is 2.13. The van der Waals surface area contributed by atoms with Crippen LogP contribution in [0.5, 0.6) is 0 Å². The highest BCUT2D eigenvalue weighted by molar-refractivity contribution is 7.09. The van der Waals surface area contributed by atoms with Crippen molar-refractivity contribution in [2.24, 2.45) is 0 Å². The minimum Gasteiger partial charge on any atom is -0.302 e. The van der Waals surface area contributed by atoms with Gasteiger partial charge >= 0.3 is 0 Å². The summed E-state index contributed by atoms with van der Waals surface area (Å²) < 4.78 is 13.1. The van der Waals surface area contributed by atoms with Gasteiger partial charge < -0.3 is 5.32 Å². The SMILES string of the molecule is CC(C)(NCc1ccc(F)cc1C#N)c1nccs1. The van der Waals surface area contributed by atoms with Gasteiger partial charge in [-0.1, -0.05) is 6.07 Å². The van der Waals surface area contributed by atoms with Crippen LogP contribution in [-0.2, 0) is 12.1 Å². The van der Waals surface area contributed by atoms with Crippen LogP contribution in [0.3, 0.4) is 0 Å². The molecule has 0 aliphatic heterocycles. The van der Waals surface area contributed by atoms with E-state index in [1.54, 1.807) is 23.6 Å². The molecule has 2 aromatic rings. The molecule has 0 aliphatic rings. The number of nitrogens with one attached hydrogen (secondary N) is 1. The quantitative estimate of drug-likeness (QED) is 0.932. The molecule has 0 aliphatic carbocycles. The van der Waals surface area contributed by atoms with Crippen molar-refractivity contribution in [3.05, 3.63) is 51.7 Å². The van der Waals surface area contributed by atoms with Gasteiger partial charge in [-0.15, -0.1) is 11.3 Å². The lowest BCUT2D eigenvalue weighted by molar-refractivity contribution is 0.399. The number of benzene rings is 1. The van der Waals surface area contributed by atoms with E-state index in [0.29, 0.717) is 12.1 Å². The number of thiazole rings is 1. The van der Waals surface area contributed by atoms with Crippen LogP contribution in [0, 0.1) is 17.1 Å². The number of hydrogen-bond donors (Lipinski definition) is 1. The van der Waals surface area contributed by atoms with Crippen LogP contribution >= 0.6 is 11.3 Å². The van der Waals surface area contributed by atoms with Gasteiger partial charge in [-0.2, -0.15) is 5.26 Å². The Morgan fingerprint density at radius 2 is 2.26 bits per heavy atom. The molecule has 0 bridgehead atoms. The van der Waals surface area contributed by atoms with Crippen LogP contribution in [0.2, 0.25) is 0 Å². The highest BCUT2D eigenvalue weighted by atomic mass is 32.1. The number of nitriles is 1. The average Bonchev–Trinajstić information content (AvgIpc) is 2.91. The van der Waals surface area contributed by atoms with Gasteiger partial charge in [0.1, 0.15) is 10.8 Å². The third kappa shape index (κ3) is 3.16. The van der Waals surface area contributed by atoms with Crippen LogP contribution < -0.4 is 5.32 Å². The summed E-state index contributed by atoms with van der Waals surface area (Å²) in [6.07, 6.45) is 1.77. The maximum absolute atomic E-state index is 13.1. The molecular formula is C14H14FN3S. The summed E-state index contributed by atoms with van der Waals surface area (Å²) in [6.45, 7) is 4.55. The van der Waals surface area contributed by atoms with Gasteiger partial charge in [0, 0.05) is 18.1 Å². The van der Waals surface area contributed by atoms with Gasteiger partial charge in [-0.05, 0) is 31.5 Å². The Hall–Kier alpha value is -1.77. The Bertz CT molecular complexity index is 600. The second kappa shape index (κ2) is 5.47. The van der Waals surface area contributed by atoms with E-state index in [9.17, 15) is 4.39 Å². The summed E-state index contributed by atoms with van der Waals surface area (Å²) in [4.78, 5) is 4.29. The summed E-state index contributed by atoms with van der Waals surface area (Å²) in [5, 5.41) is 15.3. The molecule has 5 heteroatoms. The number of halogens is 1. The third-order valence-electron chi connectivity index (χ3n) is 2.88. The number of hydrogen-bond acceptors (Lipinski definition) is 4. The molecule has 0 unspecified atom stereocenters. The third-order valence-corrected chi connectivity index (χ3v) is 3.98. The standard InChI is InChI=1S/C14H14FN3S/c1-14(2,13-17-5-6-19-13)18-9-10-3-4-12(15)7-11(10)8-16/h3-7,18H,9H2,1-2H3. The maximum Gasteiger partial charge on any atom is 0.124 e. The van der Waals surface area contributed by atoms with Crippen LogP contribution in [0.15, 0.2) is 29.8 Å². The molecule has 1 aromatic heterocycles. The van der Waals surface area contributed by atoms with Gasteiger partial charge in [-0.25, -0.2) is 9.37 Å². The summed E-state index contributed by atoms with van der Waals surface area (Å²) in [7, 11) is 0. The Morgan fingerprint density at radius 1 is 1.47 bits per heavy atom. The lowest BCUT2D eigenvalue weighted by atomic mass is 10.0. The number of aromatic nitrogens is 1. The van der Waals surface area contributed by atoms with Crippen molar-refractivity contribution in [2.45, 2.75) is 25.9 Å². The molecule has 1 heterocycles. The molecule has 1 aromatic carbocycles. The highest BCUT2D eigenvalue weighted by Crippen LogP contribution is 2.23. The fraction of sp³-hybridized carbons (Fsp3) is 0.286. The van der Waals surface area contributed by atoms with E-state index in [2.05, 4.69) is 10.3 Å². The van der Waals surface area contributed by atoms with Crippen LogP contribution in [-0.4, -0.2) is 4.98 Å². The van der Waals surface area contributed by atoms with Gasteiger partial charge in [0.2, 0.25) is 0 Å². The Morgan fingerprint density at radius 3 is 2.89 bits per heavy atom. The molecular weight excluding hydrogens is 261 g/mol. The van der Waals surface area contributed by atoms with E-state index in [1.165, 1.54) is 12.1 Å². The molecule has 2 rings (SSSR count). The average molecular weight is 275 g/mol. The molecule has 0 fully saturated rings. The van der Waals surface area contributed by atoms with Crippen molar-refractivity contribution in [2.75, 3.05) is 0 Å². The molecule has 1 N–H and O–H groups in total. The molecule has 3 nitrogen and oxygen atoms in total. The Kier molecular flexibility index (Phi) is 3.93. The first-order valence-corrected chi connectivity index (χ1v) is 6.74. The van der Waals surface area contributed by atoms with Gasteiger partial charge in [0.25, 0.3) is 0 Å². The van der Waals surface area contributed by atoms with Gasteiger partial charge in [-0.3, -0.25) is 0 Å².